The summed E-state index contributed by atoms with van der Waals surface area (Å²) < 4.78 is 79.6. The van der Waals surface area contributed by atoms with E-state index >= 15 is 0 Å². The SMILES string of the molecule is O=C(O)c1ccc(C(=O)NCCN2C(=O)C(=Cc3cc(-c4cc(C(F)(F)F)cc(C(F)(F)F)c4)cs3)SC2=S)cc1. The highest BCUT2D eigenvalue weighted by molar-refractivity contribution is 8.26. The van der Waals surface area contributed by atoms with Crippen molar-refractivity contribution in [1.82, 2.24) is 10.2 Å². The Bertz CT molecular complexity index is 1530. The number of hydrogen-bond donors (Lipinski definition) is 2. The number of hydrogen-bond acceptors (Lipinski definition) is 6. The van der Waals surface area contributed by atoms with Gasteiger partial charge in [0.25, 0.3) is 11.8 Å². The molecule has 0 atom stereocenters. The average Bonchev–Trinajstić information content (AvgIpc) is 3.47. The van der Waals surface area contributed by atoms with Crippen molar-refractivity contribution < 1.29 is 45.8 Å². The summed E-state index contributed by atoms with van der Waals surface area (Å²) in [6, 6.07) is 7.96. The summed E-state index contributed by atoms with van der Waals surface area (Å²) in [6.07, 6.45) is -8.52. The molecule has 41 heavy (non-hydrogen) atoms. The van der Waals surface area contributed by atoms with E-state index in [-0.39, 0.29) is 50.6 Å². The number of alkyl halides is 6. The predicted octanol–water partition coefficient (Wildman–Crippen LogP) is 6.78. The van der Waals surface area contributed by atoms with E-state index in [0.29, 0.717) is 17.0 Å². The molecule has 2 aromatic carbocycles. The Morgan fingerprint density at radius 3 is 2.07 bits per heavy atom. The highest BCUT2D eigenvalue weighted by Crippen LogP contribution is 2.40. The predicted molar refractivity (Wildman–Crippen MR) is 145 cm³/mol. The molecule has 2 amide bonds. The molecule has 0 aliphatic carbocycles. The van der Waals surface area contributed by atoms with Gasteiger partial charge in [-0.25, -0.2) is 4.79 Å². The smallest absolute Gasteiger partial charge is 0.416 e. The highest BCUT2D eigenvalue weighted by atomic mass is 32.2. The third kappa shape index (κ3) is 7.15. The summed E-state index contributed by atoms with van der Waals surface area (Å²) in [7, 11) is 0. The second-order valence-corrected chi connectivity index (χ2v) is 11.1. The van der Waals surface area contributed by atoms with E-state index in [1.54, 1.807) is 0 Å². The lowest BCUT2D eigenvalue weighted by atomic mass is 10.0. The molecular weight excluding hydrogens is 614 g/mol. The first-order valence-electron chi connectivity index (χ1n) is 11.4. The first kappa shape index (κ1) is 30.3. The van der Waals surface area contributed by atoms with Crippen LogP contribution in [0.2, 0.25) is 0 Å². The van der Waals surface area contributed by atoms with Crippen LogP contribution in [0.5, 0.6) is 0 Å². The number of nitrogens with zero attached hydrogens (tertiary/aromatic N) is 1. The van der Waals surface area contributed by atoms with E-state index in [9.17, 15) is 40.7 Å². The van der Waals surface area contributed by atoms with Crippen LogP contribution < -0.4 is 5.32 Å². The maximum atomic E-state index is 13.2. The molecule has 15 heteroatoms. The average molecular weight is 631 g/mol. The lowest BCUT2D eigenvalue weighted by Gasteiger charge is -2.14. The lowest BCUT2D eigenvalue weighted by molar-refractivity contribution is -0.143. The second kappa shape index (κ2) is 11.7. The van der Waals surface area contributed by atoms with Gasteiger partial charge in [-0.1, -0.05) is 24.0 Å². The Kier molecular flexibility index (Phi) is 8.61. The van der Waals surface area contributed by atoms with Crippen LogP contribution in [0.3, 0.4) is 0 Å². The van der Waals surface area contributed by atoms with Gasteiger partial charge in [0.1, 0.15) is 4.32 Å². The molecule has 1 saturated heterocycles. The van der Waals surface area contributed by atoms with E-state index in [1.807, 2.05) is 0 Å². The van der Waals surface area contributed by atoms with Gasteiger partial charge in [-0.2, -0.15) is 26.3 Å². The number of carbonyl (C=O) groups is 3. The van der Waals surface area contributed by atoms with Gasteiger partial charge in [0.05, 0.1) is 21.6 Å². The van der Waals surface area contributed by atoms with Crippen molar-refractivity contribution in [1.29, 1.82) is 0 Å². The second-order valence-electron chi connectivity index (χ2n) is 8.50. The van der Waals surface area contributed by atoms with Gasteiger partial charge >= 0.3 is 18.3 Å². The normalized spacial score (nSPS) is 15.1. The van der Waals surface area contributed by atoms with Gasteiger partial charge < -0.3 is 10.4 Å². The topological polar surface area (TPSA) is 86.7 Å². The van der Waals surface area contributed by atoms with Crippen LogP contribution in [0.25, 0.3) is 17.2 Å². The van der Waals surface area contributed by atoms with Gasteiger partial charge in [0, 0.05) is 23.5 Å². The number of aromatic carboxylic acids is 1. The Balaban J connectivity index is 1.44. The minimum absolute atomic E-state index is 0.0182. The largest absolute Gasteiger partial charge is 0.478 e. The molecular formula is C26H16F6N2O4S3. The number of thiocarbonyl (C=S) groups is 1. The van der Waals surface area contributed by atoms with E-state index in [0.717, 1.165) is 23.1 Å². The zero-order valence-corrected chi connectivity index (χ0v) is 22.7. The molecule has 0 unspecified atom stereocenters. The number of rotatable bonds is 7. The standard InChI is InChI=1S/C26H16F6N2O4S3/c27-25(28,29)17-7-15(8-18(10-17)26(30,31)32)16-9-19(40-12-16)11-20-22(36)34(24(39)41-20)6-5-33-21(35)13-1-3-14(4-2-13)23(37)38/h1-4,7-12H,5-6H2,(H,33,35)(H,37,38). The van der Waals surface area contributed by atoms with Crippen LogP contribution in [0, 0.1) is 0 Å². The van der Waals surface area contributed by atoms with Crippen molar-refractivity contribution in [3.63, 3.8) is 0 Å². The zero-order chi connectivity index (χ0) is 30.1. The molecule has 1 aliphatic heterocycles. The summed E-state index contributed by atoms with van der Waals surface area (Å²) in [5, 5.41) is 12.9. The minimum Gasteiger partial charge on any atom is -0.478 e. The Morgan fingerprint density at radius 2 is 1.51 bits per heavy atom. The summed E-state index contributed by atoms with van der Waals surface area (Å²) in [5.74, 6) is -2.10. The fourth-order valence-electron chi connectivity index (χ4n) is 3.67. The number of benzene rings is 2. The van der Waals surface area contributed by atoms with E-state index in [1.165, 1.54) is 46.7 Å². The van der Waals surface area contributed by atoms with Crippen LogP contribution in [-0.4, -0.2) is 45.2 Å². The number of amides is 2. The van der Waals surface area contributed by atoms with Crippen LogP contribution in [0.15, 0.2) is 58.8 Å². The van der Waals surface area contributed by atoms with Crippen LogP contribution in [0.4, 0.5) is 26.3 Å². The Morgan fingerprint density at radius 1 is 0.927 bits per heavy atom. The van der Waals surface area contributed by atoms with Crippen molar-refractivity contribution in [3.05, 3.63) is 85.9 Å². The Hall–Kier alpha value is -3.69. The van der Waals surface area contributed by atoms with Crippen LogP contribution >= 0.6 is 35.3 Å². The lowest BCUT2D eigenvalue weighted by Crippen LogP contribution is -2.37. The molecule has 0 saturated carbocycles. The quantitative estimate of drug-likeness (QED) is 0.170. The summed E-state index contributed by atoms with van der Waals surface area (Å²) >= 11 is 7.24. The van der Waals surface area contributed by atoms with Gasteiger partial charge in [-0.05, 0) is 71.1 Å². The molecule has 0 bridgehead atoms. The molecule has 4 rings (SSSR count). The first-order chi connectivity index (χ1) is 19.1. The van der Waals surface area contributed by atoms with Crippen molar-refractivity contribution in [3.8, 4) is 11.1 Å². The number of thiophene rings is 1. The molecule has 1 fully saturated rings. The molecule has 1 aromatic heterocycles. The van der Waals surface area contributed by atoms with E-state index in [2.05, 4.69) is 5.32 Å². The van der Waals surface area contributed by atoms with Gasteiger partial charge in [0.2, 0.25) is 0 Å². The maximum Gasteiger partial charge on any atom is 0.416 e. The highest BCUT2D eigenvalue weighted by Gasteiger charge is 2.37. The molecule has 6 nitrogen and oxygen atoms in total. The van der Waals surface area contributed by atoms with Crippen molar-refractivity contribution in [2.45, 2.75) is 12.4 Å². The number of carbonyl (C=O) groups excluding carboxylic acids is 2. The summed E-state index contributed by atoms with van der Waals surface area (Å²) in [4.78, 5) is 38.0. The van der Waals surface area contributed by atoms with Gasteiger partial charge in [0.15, 0.2) is 0 Å². The molecule has 2 heterocycles. The molecule has 3 aromatic rings. The molecule has 0 spiro atoms. The van der Waals surface area contributed by atoms with Crippen LogP contribution in [0.1, 0.15) is 36.7 Å². The van der Waals surface area contributed by atoms with Gasteiger partial charge in [-0.15, -0.1) is 11.3 Å². The first-order valence-corrected chi connectivity index (χ1v) is 13.5. The number of thioether (sulfide) groups is 1. The third-order valence-electron chi connectivity index (χ3n) is 5.70. The monoisotopic (exact) mass is 630 g/mol. The van der Waals surface area contributed by atoms with Crippen molar-refractivity contribution in [2.75, 3.05) is 13.1 Å². The fraction of sp³-hybridized carbons (Fsp3) is 0.154. The summed E-state index contributed by atoms with van der Waals surface area (Å²) in [5.41, 5.74) is -2.78. The van der Waals surface area contributed by atoms with E-state index in [4.69, 9.17) is 17.3 Å². The third-order valence-corrected chi connectivity index (χ3v) is 7.96. The molecule has 1 aliphatic rings. The zero-order valence-electron chi connectivity index (χ0n) is 20.3. The number of carboxylic acid groups (broad SMARTS) is 1. The minimum atomic E-state index is -4.98. The molecule has 214 valence electrons. The number of carboxylic acids is 1. The molecule has 0 radical (unpaired) electrons. The molecule has 2 N–H and O–H groups in total. The van der Waals surface area contributed by atoms with Crippen molar-refractivity contribution in [2.24, 2.45) is 0 Å². The van der Waals surface area contributed by atoms with Crippen LogP contribution in [-0.2, 0) is 17.1 Å². The summed E-state index contributed by atoms with van der Waals surface area (Å²) in [6.45, 7) is 0.0561. The van der Waals surface area contributed by atoms with Crippen molar-refractivity contribution >= 4 is 63.5 Å². The van der Waals surface area contributed by atoms with E-state index < -0.39 is 41.3 Å². The Labute approximate surface area is 241 Å². The number of nitrogens with one attached hydrogen (secondary N) is 1. The maximum absolute atomic E-state index is 13.2. The fourth-order valence-corrected chi connectivity index (χ4v) is 5.89. The van der Waals surface area contributed by atoms with Gasteiger partial charge in [-0.3, -0.25) is 14.5 Å². The number of halogens is 6.